The molecular formula is C30H24N4O2. The number of aryl methyl sites for hydroxylation is 2. The van der Waals surface area contributed by atoms with Crippen LogP contribution in [0.1, 0.15) is 37.4 Å². The molecule has 0 aliphatic heterocycles. The molecule has 0 aliphatic rings. The Kier molecular flexibility index (Phi) is 6.24. The fourth-order valence-corrected chi connectivity index (χ4v) is 3.97. The van der Waals surface area contributed by atoms with Crippen LogP contribution in [0, 0.1) is 13.8 Å². The number of hydrogen-bond donors (Lipinski definition) is 1. The third-order valence-electron chi connectivity index (χ3n) is 6.09. The van der Waals surface area contributed by atoms with Crippen molar-refractivity contribution in [2.75, 3.05) is 5.32 Å². The summed E-state index contributed by atoms with van der Waals surface area (Å²) in [6, 6.07) is 23.9. The minimum absolute atomic E-state index is 0.119. The van der Waals surface area contributed by atoms with Gasteiger partial charge in [0.1, 0.15) is 6.33 Å². The summed E-state index contributed by atoms with van der Waals surface area (Å²) in [5, 5.41) is 2.83. The number of imidazole rings is 1. The third kappa shape index (κ3) is 4.70. The number of fused-ring (bicyclic) bond motifs is 1. The summed E-state index contributed by atoms with van der Waals surface area (Å²) in [7, 11) is 0. The average Bonchev–Trinajstić information content (AvgIpc) is 3.30. The van der Waals surface area contributed by atoms with E-state index in [1.54, 1.807) is 55.1 Å². The van der Waals surface area contributed by atoms with Crippen LogP contribution in [0.3, 0.4) is 0 Å². The van der Waals surface area contributed by atoms with Crippen LogP contribution in [0.15, 0.2) is 97.6 Å². The zero-order valence-electron chi connectivity index (χ0n) is 20.0. The molecule has 176 valence electrons. The van der Waals surface area contributed by atoms with Gasteiger partial charge in [-0.2, -0.15) is 0 Å². The number of benzene rings is 3. The summed E-state index contributed by atoms with van der Waals surface area (Å²) < 4.78 is 1.83. The van der Waals surface area contributed by atoms with Crippen molar-refractivity contribution in [3.63, 3.8) is 0 Å². The van der Waals surface area contributed by atoms with Crippen LogP contribution in [0.2, 0.25) is 0 Å². The molecule has 0 bridgehead atoms. The van der Waals surface area contributed by atoms with Gasteiger partial charge < -0.3 is 5.32 Å². The monoisotopic (exact) mass is 472 g/mol. The highest BCUT2D eigenvalue weighted by Crippen LogP contribution is 2.25. The van der Waals surface area contributed by atoms with E-state index in [4.69, 9.17) is 0 Å². The van der Waals surface area contributed by atoms with Crippen molar-refractivity contribution in [3.05, 3.63) is 125 Å². The normalized spacial score (nSPS) is 11.4. The first-order valence-electron chi connectivity index (χ1n) is 11.6. The minimum Gasteiger partial charge on any atom is -0.321 e. The molecule has 6 heteroatoms. The Hall–Kier alpha value is -4.84. The van der Waals surface area contributed by atoms with Crippen LogP contribution in [0.5, 0.6) is 0 Å². The average molecular weight is 473 g/mol. The second-order valence-electron chi connectivity index (χ2n) is 8.58. The van der Waals surface area contributed by atoms with Crippen molar-refractivity contribution in [1.29, 1.82) is 0 Å². The maximum atomic E-state index is 13.6. The number of aromatic nitrogens is 3. The Bertz CT molecular complexity index is 1590. The number of nitrogens with zero attached hydrogens (tertiary/aromatic N) is 3. The van der Waals surface area contributed by atoms with Crippen molar-refractivity contribution < 1.29 is 9.59 Å². The lowest BCUT2D eigenvalue weighted by Gasteiger charge is -2.11. The standard InChI is InChI=1S/C30H24N4O2/c1-20-15-26-27(16-21(20)2)34(19-32-26)28(29(35)23-7-4-3-5-8-23)17-22-10-12-24(13-11-22)30(36)33-25-9-6-14-31-18-25/h3-19H,1-2H3,(H,33,36)/b28-17-. The van der Waals surface area contributed by atoms with Gasteiger partial charge in [-0.15, -0.1) is 0 Å². The molecule has 5 aromatic rings. The molecule has 0 unspecified atom stereocenters. The lowest BCUT2D eigenvalue weighted by Crippen LogP contribution is -2.12. The Labute approximate surface area is 209 Å². The van der Waals surface area contributed by atoms with Gasteiger partial charge in [0.05, 0.1) is 28.6 Å². The number of rotatable bonds is 6. The predicted molar refractivity (Wildman–Crippen MR) is 143 cm³/mol. The molecular weight excluding hydrogens is 448 g/mol. The molecule has 2 aromatic heterocycles. The van der Waals surface area contributed by atoms with Gasteiger partial charge in [0.15, 0.2) is 0 Å². The number of nitrogens with one attached hydrogen (secondary N) is 1. The Morgan fingerprint density at radius 3 is 2.33 bits per heavy atom. The zero-order chi connectivity index (χ0) is 25.1. The third-order valence-corrected chi connectivity index (χ3v) is 6.09. The smallest absolute Gasteiger partial charge is 0.255 e. The van der Waals surface area contributed by atoms with Crippen LogP contribution >= 0.6 is 0 Å². The Morgan fingerprint density at radius 2 is 1.61 bits per heavy atom. The molecule has 2 heterocycles. The van der Waals surface area contributed by atoms with Crippen LogP contribution in [-0.4, -0.2) is 26.2 Å². The molecule has 0 saturated carbocycles. The summed E-state index contributed by atoms with van der Waals surface area (Å²) in [6.07, 6.45) is 6.76. The van der Waals surface area contributed by atoms with Crippen LogP contribution in [0.25, 0.3) is 22.8 Å². The molecule has 0 fully saturated rings. The molecule has 1 N–H and O–H groups in total. The van der Waals surface area contributed by atoms with Crippen LogP contribution in [-0.2, 0) is 0 Å². The molecule has 36 heavy (non-hydrogen) atoms. The first-order valence-corrected chi connectivity index (χ1v) is 11.6. The van der Waals surface area contributed by atoms with Gasteiger partial charge in [0.2, 0.25) is 5.78 Å². The number of pyridine rings is 1. The molecule has 1 amide bonds. The topological polar surface area (TPSA) is 76.9 Å². The molecule has 0 saturated heterocycles. The lowest BCUT2D eigenvalue weighted by atomic mass is 10.0. The van der Waals surface area contributed by atoms with E-state index in [1.807, 2.05) is 60.9 Å². The van der Waals surface area contributed by atoms with E-state index in [-0.39, 0.29) is 11.7 Å². The number of carbonyl (C=O) groups excluding carboxylic acids is 2. The summed E-state index contributed by atoms with van der Waals surface area (Å²) in [6.45, 7) is 4.09. The van der Waals surface area contributed by atoms with Crippen molar-refractivity contribution in [3.8, 4) is 0 Å². The Morgan fingerprint density at radius 1 is 0.861 bits per heavy atom. The van der Waals surface area contributed by atoms with Crippen molar-refractivity contribution in [1.82, 2.24) is 14.5 Å². The number of hydrogen-bond acceptors (Lipinski definition) is 4. The second-order valence-corrected chi connectivity index (χ2v) is 8.58. The van der Waals surface area contributed by atoms with E-state index in [9.17, 15) is 9.59 Å². The highest BCUT2D eigenvalue weighted by Gasteiger charge is 2.18. The maximum Gasteiger partial charge on any atom is 0.255 e. The number of anilines is 1. The van der Waals surface area contributed by atoms with Gasteiger partial charge in [0, 0.05) is 17.3 Å². The summed E-state index contributed by atoms with van der Waals surface area (Å²) in [4.78, 5) is 34.8. The largest absolute Gasteiger partial charge is 0.321 e. The van der Waals surface area contributed by atoms with Crippen molar-refractivity contribution in [2.24, 2.45) is 0 Å². The summed E-state index contributed by atoms with van der Waals surface area (Å²) in [5.41, 5.74) is 6.94. The highest BCUT2D eigenvalue weighted by molar-refractivity contribution is 6.28. The summed E-state index contributed by atoms with van der Waals surface area (Å²) >= 11 is 0. The van der Waals surface area contributed by atoms with Gasteiger partial charge in [-0.3, -0.25) is 19.1 Å². The molecule has 0 spiro atoms. The molecule has 6 nitrogen and oxygen atoms in total. The second kappa shape index (κ2) is 9.80. The number of carbonyl (C=O) groups is 2. The number of allylic oxidation sites excluding steroid dienone is 1. The highest BCUT2D eigenvalue weighted by atomic mass is 16.1. The first-order chi connectivity index (χ1) is 17.5. The number of ketones is 1. The Balaban J connectivity index is 1.53. The van der Waals surface area contributed by atoms with E-state index in [0.29, 0.717) is 22.5 Å². The SMILES string of the molecule is Cc1cc2ncn(/C(=C\c3ccc(C(=O)Nc4cccnc4)cc3)C(=O)c3ccccc3)c2cc1C. The predicted octanol–water partition coefficient (Wildman–Crippen LogP) is 6.18. The van der Waals surface area contributed by atoms with Gasteiger partial charge in [-0.1, -0.05) is 42.5 Å². The molecule has 3 aromatic carbocycles. The number of amides is 1. The first kappa shape index (κ1) is 22.9. The van der Waals surface area contributed by atoms with Crippen LogP contribution < -0.4 is 5.32 Å². The van der Waals surface area contributed by atoms with Gasteiger partial charge in [-0.25, -0.2) is 4.98 Å². The maximum absolute atomic E-state index is 13.6. The fraction of sp³-hybridized carbons (Fsp3) is 0.0667. The molecule has 0 radical (unpaired) electrons. The van der Waals surface area contributed by atoms with E-state index in [0.717, 1.165) is 27.7 Å². The molecule has 5 rings (SSSR count). The van der Waals surface area contributed by atoms with E-state index in [1.165, 1.54) is 0 Å². The van der Waals surface area contributed by atoms with Gasteiger partial charge in [-0.05, 0) is 73.0 Å². The fourth-order valence-electron chi connectivity index (χ4n) is 3.97. The molecule has 0 atom stereocenters. The number of Topliss-reactive ketones (excluding diaryl/α,β-unsaturated/α-hetero) is 1. The van der Waals surface area contributed by atoms with E-state index < -0.39 is 0 Å². The van der Waals surface area contributed by atoms with E-state index in [2.05, 4.69) is 21.4 Å². The van der Waals surface area contributed by atoms with Gasteiger partial charge >= 0.3 is 0 Å². The van der Waals surface area contributed by atoms with Crippen molar-refractivity contribution in [2.45, 2.75) is 13.8 Å². The minimum atomic E-state index is -0.231. The van der Waals surface area contributed by atoms with E-state index >= 15 is 0 Å². The summed E-state index contributed by atoms with van der Waals surface area (Å²) in [5.74, 6) is -0.350. The quantitative estimate of drug-likeness (QED) is 0.236. The lowest BCUT2D eigenvalue weighted by molar-refractivity contribution is 0.102. The van der Waals surface area contributed by atoms with Gasteiger partial charge in [0.25, 0.3) is 5.91 Å². The zero-order valence-corrected chi connectivity index (χ0v) is 20.0. The molecule has 0 aliphatic carbocycles. The van der Waals surface area contributed by atoms with Crippen LogP contribution in [0.4, 0.5) is 5.69 Å². The van der Waals surface area contributed by atoms with Crippen molar-refractivity contribution >= 4 is 40.2 Å².